The van der Waals surface area contributed by atoms with Crippen LogP contribution in [0.4, 0.5) is 0 Å². The van der Waals surface area contributed by atoms with Crippen molar-refractivity contribution in [3.05, 3.63) is 85.3 Å². The molecule has 4 heterocycles. The van der Waals surface area contributed by atoms with E-state index in [1.54, 1.807) is 29.5 Å². The van der Waals surface area contributed by atoms with E-state index in [0.717, 1.165) is 40.4 Å². The first-order chi connectivity index (χ1) is 14.6. The molecule has 5 rings (SSSR count). The number of benzene rings is 1. The van der Waals surface area contributed by atoms with E-state index in [1.807, 2.05) is 29.6 Å². The van der Waals surface area contributed by atoms with Gasteiger partial charge in [0.1, 0.15) is 11.5 Å². The average molecular weight is 458 g/mol. The number of aromatic nitrogens is 2. The van der Waals surface area contributed by atoms with E-state index in [-0.39, 0.29) is 5.56 Å². The van der Waals surface area contributed by atoms with Crippen molar-refractivity contribution in [3.63, 3.8) is 0 Å². The molecular formula is C22H17Cl2N3O2S. The van der Waals surface area contributed by atoms with E-state index in [4.69, 9.17) is 32.6 Å². The lowest BCUT2D eigenvalue weighted by atomic mass is 10.1. The molecule has 0 spiro atoms. The summed E-state index contributed by atoms with van der Waals surface area (Å²) in [5, 5.41) is 3.17. The average Bonchev–Trinajstić information content (AvgIpc) is 3.42. The Morgan fingerprint density at radius 1 is 1.20 bits per heavy atom. The minimum Gasteiger partial charge on any atom is -0.460 e. The standard InChI is InChI=1S/C22H17Cl2N3O2S/c23-13-3-5-17(24)15(10-13)19-6-4-14(29-19)11-27-8-7-18-16(12-27)22(28)26-21(25-18)20-2-1-9-30-20/h1-6,9-10H,7-8,11-12H2,(H,25,26,28). The summed E-state index contributed by atoms with van der Waals surface area (Å²) in [5.74, 6) is 2.13. The van der Waals surface area contributed by atoms with Crippen molar-refractivity contribution in [2.24, 2.45) is 0 Å². The first kappa shape index (κ1) is 19.6. The van der Waals surface area contributed by atoms with Gasteiger partial charge < -0.3 is 9.40 Å². The van der Waals surface area contributed by atoms with E-state index in [0.29, 0.717) is 34.7 Å². The predicted molar refractivity (Wildman–Crippen MR) is 120 cm³/mol. The normalized spacial score (nSPS) is 14.1. The number of hydrogen-bond donors (Lipinski definition) is 1. The summed E-state index contributed by atoms with van der Waals surface area (Å²) < 4.78 is 6.01. The number of aromatic amines is 1. The summed E-state index contributed by atoms with van der Waals surface area (Å²) >= 11 is 13.9. The number of furan rings is 1. The molecule has 3 aromatic heterocycles. The third-order valence-corrected chi connectivity index (χ3v) is 6.58. The molecule has 5 nitrogen and oxygen atoms in total. The van der Waals surface area contributed by atoms with Crippen molar-refractivity contribution in [2.75, 3.05) is 6.54 Å². The fraction of sp³-hybridized carbons (Fsp3) is 0.182. The molecule has 0 aliphatic carbocycles. The summed E-state index contributed by atoms with van der Waals surface area (Å²) in [5.41, 5.74) is 2.30. The highest BCUT2D eigenvalue weighted by Crippen LogP contribution is 2.32. The SMILES string of the molecule is O=c1[nH]c(-c2cccs2)nc2c1CN(Cc1ccc(-c3cc(Cl)ccc3Cl)o1)CC2. The molecule has 0 radical (unpaired) electrons. The van der Waals surface area contributed by atoms with E-state index in [9.17, 15) is 4.79 Å². The predicted octanol–water partition coefficient (Wildman–Crippen LogP) is 5.62. The molecule has 1 aromatic carbocycles. The van der Waals surface area contributed by atoms with Gasteiger partial charge in [-0.3, -0.25) is 9.69 Å². The first-order valence-corrected chi connectivity index (χ1v) is 11.1. The van der Waals surface area contributed by atoms with Gasteiger partial charge in [0.25, 0.3) is 5.56 Å². The second-order valence-corrected chi connectivity index (χ2v) is 8.96. The molecule has 0 saturated heterocycles. The Morgan fingerprint density at radius 3 is 2.93 bits per heavy atom. The van der Waals surface area contributed by atoms with Crippen LogP contribution in [0.3, 0.4) is 0 Å². The molecule has 0 bridgehead atoms. The molecule has 0 amide bonds. The number of halogens is 2. The second kappa shape index (κ2) is 8.04. The fourth-order valence-corrected chi connectivity index (χ4v) is 4.71. The number of nitrogens with zero attached hydrogens (tertiary/aromatic N) is 2. The molecular weight excluding hydrogens is 441 g/mol. The number of thiophene rings is 1. The molecule has 1 aliphatic heterocycles. The lowest BCUT2D eigenvalue weighted by molar-refractivity contribution is 0.223. The van der Waals surface area contributed by atoms with Gasteiger partial charge in [0.05, 0.1) is 27.7 Å². The zero-order chi connectivity index (χ0) is 20.7. The fourth-order valence-electron chi connectivity index (χ4n) is 3.66. The van der Waals surface area contributed by atoms with Gasteiger partial charge in [-0.2, -0.15) is 0 Å². The third kappa shape index (κ3) is 3.84. The summed E-state index contributed by atoms with van der Waals surface area (Å²) in [6.07, 6.45) is 0.727. The van der Waals surface area contributed by atoms with E-state index >= 15 is 0 Å². The van der Waals surface area contributed by atoms with Crippen LogP contribution in [0.5, 0.6) is 0 Å². The quantitative estimate of drug-likeness (QED) is 0.431. The van der Waals surface area contributed by atoms with Gasteiger partial charge in [-0.1, -0.05) is 29.3 Å². The minimum absolute atomic E-state index is 0.0704. The number of H-pyrrole nitrogens is 1. The number of hydrogen-bond acceptors (Lipinski definition) is 5. The summed E-state index contributed by atoms with van der Waals surface area (Å²) in [7, 11) is 0. The Bertz CT molecular complexity index is 1260. The third-order valence-electron chi connectivity index (χ3n) is 5.14. The van der Waals surface area contributed by atoms with Gasteiger partial charge in [-0.15, -0.1) is 11.3 Å². The van der Waals surface area contributed by atoms with Gasteiger partial charge in [0, 0.05) is 30.1 Å². The van der Waals surface area contributed by atoms with Crippen LogP contribution in [0, 0.1) is 0 Å². The highest BCUT2D eigenvalue weighted by Gasteiger charge is 2.23. The molecule has 0 saturated carbocycles. The molecule has 0 fully saturated rings. The molecule has 8 heteroatoms. The van der Waals surface area contributed by atoms with Crippen LogP contribution >= 0.6 is 34.5 Å². The van der Waals surface area contributed by atoms with Crippen molar-refractivity contribution in [1.82, 2.24) is 14.9 Å². The zero-order valence-electron chi connectivity index (χ0n) is 15.8. The van der Waals surface area contributed by atoms with Crippen molar-refractivity contribution < 1.29 is 4.42 Å². The lowest BCUT2D eigenvalue weighted by Crippen LogP contribution is -2.35. The highest BCUT2D eigenvalue weighted by molar-refractivity contribution is 7.13. The molecule has 1 N–H and O–H groups in total. The number of fused-ring (bicyclic) bond motifs is 1. The van der Waals surface area contributed by atoms with E-state index in [2.05, 4.69) is 9.88 Å². The van der Waals surface area contributed by atoms with Crippen molar-refractivity contribution in [3.8, 4) is 22.0 Å². The van der Waals surface area contributed by atoms with Gasteiger partial charge in [-0.25, -0.2) is 4.98 Å². The monoisotopic (exact) mass is 457 g/mol. The molecule has 152 valence electrons. The Labute approximate surface area is 186 Å². The lowest BCUT2D eigenvalue weighted by Gasteiger charge is -2.26. The van der Waals surface area contributed by atoms with Crippen molar-refractivity contribution >= 4 is 34.5 Å². The smallest absolute Gasteiger partial charge is 0.255 e. The van der Waals surface area contributed by atoms with Crippen molar-refractivity contribution in [2.45, 2.75) is 19.5 Å². The maximum Gasteiger partial charge on any atom is 0.255 e. The van der Waals surface area contributed by atoms with Crippen LogP contribution in [-0.2, 0) is 19.5 Å². The van der Waals surface area contributed by atoms with Crippen molar-refractivity contribution in [1.29, 1.82) is 0 Å². The summed E-state index contributed by atoms with van der Waals surface area (Å²) in [6, 6.07) is 13.0. The van der Waals surface area contributed by atoms with Crippen LogP contribution in [0.1, 0.15) is 17.0 Å². The Kier molecular flexibility index (Phi) is 5.25. The minimum atomic E-state index is -0.0704. The van der Waals surface area contributed by atoms with Crippen LogP contribution in [0.15, 0.2) is 57.1 Å². The second-order valence-electron chi connectivity index (χ2n) is 7.17. The highest BCUT2D eigenvalue weighted by atomic mass is 35.5. The number of nitrogens with one attached hydrogen (secondary N) is 1. The Morgan fingerprint density at radius 2 is 2.10 bits per heavy atom. The molecule has 4 aromatic rings. The Hall–Kier alpha value is -2.38. The molecule has 1 aliphatic rings. The number of rotatable bonds is 4. The molecule has 0 atom stereocenters. The topological polar surface area (TPSA) is 62.1 Å². The maximum atomic E-state index is 12.7. The van der Waals surface area contributed by atoms with Gasteiger partial charge >= 0.3 is 0 Å². The van der Waals surface area contributed by atoms with E-state index < -0.39 is 0 Å². The first-order valence-electron chi connectivity index (χ1n) is 9.49. The largest absolute Gasteiger partial charge is 0.460 e. The summed E-state index contributed by atoms with van der Waals surface area (Å²) in [6.45, 7) is 1.95. The van der Waals surface area contributed by atoms with E-state index in [1.165, 1.54) is 0 Å². The molecule has 0 unspecified atom stereocenters. The van der Waals surface area contributed by atoms with Crippen LogP contribution < -0.4 is 5.56 Å². The van der Waals surface area contributed by atoms with Gasteiger partial charge in [-0.05, 0) is 41.8 Å². The Balaban J connectivity index is 1.35. The van der Waals surface area contributed by atoms with Crippen LogP contribution in [-0.4, -0.2) is 21.4 Å². The van der Waals surface area contributed by atoms with Gasteiger partial charge in [0.2, 0.25) is 0 Å². The maximum absolute atomic E-state index is 12.7. The van der Waals surface area contributed by atoms with Crippen LogP contribution in [0.25, 0.3) is 22.0 Å². The molecule has 30 heavy (non-hydrogen) atoms. The van der Waals surface area contributed by atoms with Gasteiger partial charge in [0.15, 0.2) is 5.82 Å². The van der Waals surface area contributed by atoms with Crippen LogP contribution in [0.2, 0.25) is 10.0 Å². The zero-order valence-corrected chi connectivity index (χ0v) is 18.2. The summed E-state index contributed by atoms with van der Waals surface area (Å²) in [4.78, 5) is 23.5.